The number of carbonyl (C=O) groups excluding carboxylic acids is 1. The van der Waals surface area contributed by atoms with Crippen LogP contribution in [0.25, 0.3) is 10.8 Å². The van der Waals surface area contributed by atoms with E-state index >= 15 is 0 Å². The molecular weight excluding hydrogens is 296 g/mol. The summed E-state index contributed by atoms with van der Waals surface area (Å²) >= 11 is 0. The van der Waals surface area contributed by atoms with Crippen molar-refractivity contribution in [2.75, 3.05) is 13.7 Å². The first-order chi connectivity index (χ1) is 11.2. The van der Waals surface area contributed by atoms with Gasteiger partial charge in [-0.2, -0.15) is 5.10 Å². The Hall–Kier alpha value is -2.21. The number of fused-ring (bicyclic) bond motifs is 1. The van der Waals surface area contributed by atoms with E-state index in [1.165, 1.54) is 11.8 Å². The maximum absolute atomic E-state index is 12.6. The number of methoxy groups -OCH3 is 1. The Morgan fingerprint density at radius 2 is 2.13 bits per heavy atom. The molecule has 1 aromatic carbocycles. The van der Waals surface area contributed by atoms with Gasteiger partial charge in [0.15, 0.2) is 0 Å². The molecule has 122 valence electrons. The number of rotatable bonds is 4. The minimum Gasteiger partial charge on any atom is -0.469 e. The molecule has 2 heterocycles. The molecule has 0 amide bonds. The Kier molecular flexibility index (Phi) is 4.71. The third kappa shape index (κ3) is 3.42. The van der Waals surface area contributed by atoms with Gasteiger partial charge in [0.25, 0.3) is 5.56 Å². The monoisotopic (exact) mass is 316 g/mol. The summed E-state index contributed by atoms with van der Waals surface area (Å²) in [5, 5.41) is 5.67. The van der Waals surface area contributed by atoms with E-state index in [1.54, 1.807) is 6.07 Å². The number of carbonyl (C=O) groups is 1. The molecule has 0 bridgehead atoms. The van der Waals surface area contributed by atoms with Crippen LogP contribution in [0.5, 0.6) is 0 Å². The highest BCUT2D eigenvalue weighted by atomic mass is 16.5. The van der Waals surface area contributed by atoms with E-state index in [4.69, 9.17) is 9.47 Å². The molecule has 6 nitrogen and oxygen atoms in total. The molecule has 0 spiro atoms. The van der Waals surface area contributed by atoms with Crippen LogP contribution in [-0.2, 0) is 27.2 Å². The molecule has 2 aromatic rings. The average Bonchev–Trinajstić information content (AvgIpc) is 2.60. The first kappa shape index (κ1) is 15.7. The van der Waals surface area contributed by atoms with Gasteiger partial charge in [-0.1, -0.05) is 18.2 Å². The van der Waals surface area contributed by atoms with Crippen LogP contribution < -0.4 is 5.56 Å². The highest BCUT2D eigenvalue weighted by molar-refractivity contribution is 5.86. The van der Waals surface area contributed by atoms with Gasteiger partial charge in [0.2, 0.25) is 0 Å². The number of hydrogen-bond acceptors (Lipinski definition) is 5. The van der Waals surface area contributed by atoms with Crippen molar-refractivity contribution in [3.8, 4) is 0 Å². The van der Waals surface area contributed by atoms with Crippen molar-refractivity contribution in [2.45, 2.75) is 38.3 Å². The highest BCUT2D eigenvalue weighted by Crippen LogP contribution is 2.17. The molecule has 1 aliphatic rings. The van der Waals surface area contributed by atoms with Crippen molar-refractivity contribution >= 4 is 16.7 Å². The fourth-order valence-electron chi connectivity index (χ4n) is 2.91. The number of ether oxygens (including phenoxy) is 2. The molecule has 1 saturated heterocycles. The molecule has 0 aliphatic carbocycles. The van der Waals surface area contributed by atoms with Crippen molar-refractivity contribution in [3.05, 3.63) is 40.3 Å². The van der Waals surface area contributed by atoms with E-state index < -0.39 is 0 Å². The number of hydrogen-bond donors (Lipinski definition) is 0. The lowest BCUT2D eigenvalue weighted by molar-refractivity contribution is -0.139. The Labute approximate surface area is 134 Å². The Morgan fingerprint density at radius 1 is 1.35 bits per heavy atom. The normalized spacial score (nSPS) is 18.0. The predicted octanol–water partition coefficient (Wildman–Crippen LogP) is 1.68. The van der Waals surface area contributed by atoms with Crippen molar-refractivity contribution in [3.63, 3.8) is 0 Å². The number of esters is 1. The summed E-state index contributed by atoms with van der Waals surface area (Å²) in [5.41, 5.74) is 0.409. The number of nitrogens with zero attached hydrogens (tertiary/aromatic N) is 2. The van der Waals surface area contributed by atoms with Gasteiger partial charge in [-0.3, -0.25) is 9.59 Å². The van der Waals surface area contributed by atoms with Crippen LogP contribution in [0.2, 0.25) is 0 Å². The van der Waals surface area contributed by atoms with E-state index in [-0.39, 0.29) is 24.1 Å². The molecule has 1 aliphatic heterocycles. The molecular formula is C17H20N2O4. The van der Waals surface area contributed by atoms with Gasteiger partial charge in [0.05, 0.1) is 37.3 Å². The molecule has 23 heavy (non-hydrogen) atoms. The van der Waals surface area contributed by atoms with Gasteiger partial charge >= 0.3 is 5.97 Å². The average molecular weight is 316 g/mol. The molecule has 0 N–H and O–H groups in total. The van der Waals surface area contributed by atoms with Crippen molar-refractivity contribution in [1.29, 1.82) is 0 Å². The lowest BCUT2D eigenvalue weighted by atomic mass is 10.1. The molecule has 1 unspecified atom stereocenters. The lowest BCUT2D eigenvalue weighted by Crippen LogP contribution is -2.33. The molecule has 1 aromatic heterocycles. The minimum atomic E-state index is -0.373. The maximum Gasteiger partial charge on any atom is 0.311 e. The second-order valence-corrected chi connectivity index (χ2v) is 5.72. The van der Waals surface area contributed by atoms with E-state index in [2.05, 4.69) is 5.10 Å². The third-order valence-electron chi connectivity index (χ3n) is 4.13. The molecule has 1 fully saturated rings. The van der Waals surface area contributed by atoms with Gasteiger partial charge in [0, 0.05) is 12.0 Å². The van der Waals surface area contributed by atoms with Gasteiger partial charge in [-0.25, -0.2) is 4.68 Å². The highest BCUT2D eigenvalue weighted by Gasteiger charge is 2.18. The summed E-state index contributed by atoms with van der Waals surface area (Å²) in [5.74, 6) is -0.373. The Morgan fingerprint density at radius 3 is 2.83 bits per heavy atom. The molecule has 3 rings (SSSR count). The lowest BCUT2D eigenvalue weighted by Gasteiger charge is -2.23. The zero-order valence-corrected chi connectivity index (χ0v) is 13.2. The van der Waals surface area contributed by atoms with Crippen LogP contribution >= 0.6 is 0 Å². The van der Waals surface area contributed by atoms with Crippen LogP contribution in [-0.4, -0.2) is 35.6 Å². The SMILES string of the molecule is COC(=O)Cc1nn(CC2CCCCO2)c(=O)c2ccccc12. The molecule has 1 atom stereocenters. The predicted molar refractivity (Wildman–Crippen MR) is 85.3 cm³/mol. The van der Waals surface area contributed by atoms with Gasteiger partial charge in [-0.05, 0) is 25.3 Å². The molecule has 6 heteroatoms. The van der Waals surface area contributed by atoms with Gasteiger partial charge in [-0.15, -0.1) is 0 Å². The van der Waals surface area contributed by atoms with Crippen molar-refractivity contribution in [2.24, 2.45) is 0 Å². The first-order valence-electron chi connectivity index (χ1n) is 7.86. The summed E-state index contributed by atoms with van der Waals surface area (Å²) in [6.45, 7) is 1.14. The summed E-state index contributed by atoms with van der Waals surface area (Å²) in [7, 11) is 1.34. The zero-order valence-electron chi connectivity index (χ0n) is 13.2. The largest absolute Gasteiger partial charge is 0.469 e. The van der Waals surface area contributed by atoms with E-state index in [0.29, 0.717) is 23.0 Å². The summed E-state index contributed by atoms with van der Waals surface area (Å²) in [4.78, 5) is 24.3. The van der Waals surface area contributed by atoms with E-state index in [0.717, 1.165) is 25.9 Å². The van der Waals surface area contributed by atoms with Crippen molar-refractivity contribution in [1.82, 2.24) is 9.78 Å². The topological polar surface area (TPSA) is 70.4 Å². The van der Waals surface area contributed by atoms with Crippen LogP contribution in [0.4, 0.5) is 0 Å². The quantitative estimate of drug-likeness (QED) is 0.803. The minimum absolute atomic E-state index is 0.00101. The zero-order chi connectivity index (χ0) is 16.2. The Bertz CT molecular complexity index is 763. The summed E-state index contributed by atoms with van der Waals surface area (Å²) < 4.78 is 11.9. The maximum atomic E-state index is 12.6. The smallest absolute Gasteiger partial charge is 0.311 e. The standard InChI is InChI=1S/C17H20N2O4/c1-22-16(20)10-15-13-7-2-3-8-14(13)17(21)19(18-15)11-12-6-4-5-9-23-12/h2-3,7-8,12H,4-6,9-11H2,1H3. The van der Waals surface area contributed by atoms with Gasteiger partial charge < -0.3 is 9.47 Å². The second kappa shape index (κ2) is 6.91. The van der Waals surface area contributed by atoms with Crippen molar-refractivity contribution < 1.29 is 14.3 Å². The second-order valence-electron chi connectivity index (χ2n) is 5.72. The third-order valence-corrected chi connectivity index (χ3v) is 4.13. The fourth-order valence-corrected chi connectivity index (χ4v) is 2.91. The fraction of sp³-hybridized carbons (Fsp3) is 0.471. The summed E-state index contributed by atoms with van der Waals surface area (Å²) in [6, 6.07) is 7.22. The van der Waals surface area contributed by atoms with Crippen LogP contribution in [0, 0.1) is 0 Å². The van der Waals surface area contributed by atoms with E-state index in [9.17, 15) is 9.59 Å². The molecule has 0 radical (unpaired) electrons. The van der Waals surface area contributed by atoms with Crippen LogP contribution in [0.1, 0.15) is 25.0 Å². The first-order valence-corrected chi connectivity index (χ1v) is 7.86. The molecule has 0 saturated carbocycles. The summed E-state index contributed by atoms with van der Waals surface area (Å²) in [6.07, 6.45) is 3.13. The van der Waals surface area contributed by atoms with E-state index in [1.807, 2.05) is 18.2 Å². The van der Waals surface area contributed by atoms with Crippen LogP contribution in [0.15, 0.2) is 29.1 Å². The number of benzene rings is 1. The van der Waals surface area contributed by atoms with Gasteiger partial charge in [0.1, 0.15) is 0 Å². The number of aromatic nitrogens is 2. The van der Waals surface area contributed by atoms with Crippen LogP contribution in [0.3, 0.4) is 0 Å². The Balaban J connectivity index is 2.01.